The van der Waals surface area contributed by atoms with Crippen LogP contribution in [0.2, 0.25) is 0 Å². The summed E-state index contributed by atoms with van der Waals surface area (Å²) < 4.78 is 20.0. The number of β-amino-alcohol motifs (C(OH)–C–C–N with tert-alkyl or cyclic N) is 1. The van der Waals surface area contributed by atoms with Gasteiger partial charge in [-0.1, -0.05) is 36.4 Å². The molecule has 1 aliphatic heterocycles. The first-order valence-corrected chi connectivity index (χ1v) is 11.9. The summed E-state index contributed by atoms with van der Waals surface area (Å²) in [7, 11) is 1.52. The number of hydrogen-bond donors (Lipinski definition) is 2. The van der Waals surface area contributed by atoms with Crippen LogP contribution in [0.1, 0.15) is 37.8 Å². The Morgan fingerprint density at radius 1 is 0.972 bits per heavy atom. The first-order valence-electron chi connectivity index (χ1n) is 11.9. The summed E-state index contributed by atoms with van der Waals surface area (Å²) in [6, 6.07) is 17.7. The third-order valence-electron chi connectivity index (χ3n) is 7.02. The van der Waals surface area contributed by atoms with Crippen molar-refractivity contribution in [2.45, 2.75) is 12.8 Å². The van der Waals surface area contributed by atoms with Crippen molar-refractivity contribution in [3.8, 4) is 11.5 Å². The van der Waals surface area contributed by atoms with Gasteiger partial charge in [0.2, 0.25) is 0 Å². The number of halogens is 1. The van der Waals surface area contributed by atoms with Crippen LogP contribution in [0.3, 0.4) is 0 Å². The zero-order chi connectivity index (χ0) is 25.8. The first-order chi connectivity index (χ1) is 17.3. The van der Waals surface area contributed by atoms with E-state index in [0.29, 0.717) is 41.1 Å². The van der Waals surface area contributed by atoms with Crippen molar-refractivity contribution in [1.29, 1.82) is 0 Å². The largest absolute Gasteiger partial charge is 0.508 e. The van der Waals surface area contributed by atoms with Gasteiger partial charge in [0.25, 0.3) is 0 Å². The summed E-state index contributed by atoms with van der Waals surface area (Å²) in [5.74, 6) is -2.31. The quantitative estimate of drug-likeness (QED) is 0.459. The van der Waals surface area contributed by atoms with E-state index in [2.05, 4.69) is 0 Å². The molecule has 0 saturated carbocycles. The van der Waals surface area contributed by atoms with Crippen LogP contribution in [0.15, 0.2) is 66.7 Å². The Morgan fingerprint density at radius 2 is 1.58 bits per heavy atom. The van der Waals surface area contributed by atoms with Crippen molar-refractivity contribution in [1.82, 2.24) is 4.90 Å². The molecule has 1 heterocycles. The number of Topliss-reactive ketones (excluding diaryl/α,β-unsaturated/α-hetero) is 2. The highest BCUT2D eigenvalue weighted by atomic mass is 19.1. The molecule has 7 heteroatoms. The molecule has 0 aromatic heterocycles. The lowest BCUT2D eigenvalue weighted by atomic mass is 9.68. The van der Waals surface area contributed by atoms with Crippen LogP contribution in [-0.2, 0) is 0 Å². The fourth-order valence-corrected chi connectivity index (χ4v) is 5.24. The molecule has 3 aromatic rings. The van der Waals surface area contributed by atoms with Gasteiger partial charge >= 0.3 is 0 Å². The van der Waals surface area contributed by atoms with Crippen LogP contribution < -0.4 is 4.74 Å². The van der Waals surface area contributed by atoms with E-state index in [1.54, 1.807) is 55.5 Å². The lowest BCUT2D eigenvalue weighted by Crippen LogP contribution is -2.51. The predicted molar refractivity (Wildman–Crippen MR) is 134 cm³/mol. The summed E-state index contributed by atoms with van der Waals surface area (Å²) >= 11 is 0. The summed E-state index contributed by atoms with van der Waals surface area (Å²) in [4.78, 5) is 29.7. The van der Waals surface area contributed by atoms with Crippen molar-refractivity contribution in [2.24, 2.45) is 11.8 Å². The first kappa shape index (κ1) is 25.5. The molecular weight excluding hydrogens is 461 g/mol. The van der Waals surface area contributed by atoms with E-state index in [9.17, 15) is 24.2 Å². The van der Waals surface area contributed by atoms with Crippen LogP contribution in [0, 0.1) is 24.6 Å². The minimum Gasteiger partial charge on any atom is -0.508 e. The Labute approximate surface area is 210 Å². The number of carbonyl (C=O) groups excluding carboxylic acids is 2. The standard InChI is InChI=1S/C29H30FNO5/c1-18-23(10-5-11-26(18)30)27-24(28(34)19-6-3-8-21(33)14-19)16-31(12-13-32)17-25(27)29(35)20-7-4-9-22(15-20)36-2/h3-11,14-15,24-25,27,32-33H,12-13,16-17H2,1-2H3/t24-,25-,27+/m0/s1. The molecule has 3 atom stereocenters. The molecule has 0 spiro atoms. The molecule has 36 heavy (non-hydrogen) atoms. The number of likely N-dealkylation sites (tertiary alicyclic amines) is 1. The van der Waals surface area contributed by atoms with Crippen molar-refractivity contribution < 1.29 is 28.9 Å². The monoisotopic (exact) mass is 491 g/mol. The number of nitrogens with zero attached hydrogens (tertiary/aromatic N) is 1. The molecule has 188 valence electrons. The molecule has 4 rings (SSSR count). The number of carbonyl (C=O) groups is 2. The highest BCUT2D eigenvalue weighted by Crippen LogP contribution is 2.42. The fraction of sp³-hybridized carbons (Fsp3) is 0.310. The van der Waals surface area contributed by atoms with Gasteiger partial charge in [-0.25, -0.2) is 4.39 Å². The highest BCUT2D eigenvalue weighted by Gasteiger charge is 2.45. The number of rotatable bonds is 8. The fourth-order valence-electron chi connectivity index (χ4n) is 5.24. The molecule has 2 N–H and O–H groups in total. The summed E-state index contributed by atoms with van der Waals surface area (Å²) in [5.41, 5.74) is 1.76. The number of phenolic OH excluding ortho intramolecular Hbond substituents is 1. The molecule has 6 nitrogen and oxygen atoms in total. The van der Waals surface area contributed by atoms with Crippen molar-refractivity contribution in [3.63, 3.8) is 0 Å². The molecule has 0 unspecified atom stereocenters. The number of ether oxygens (including phenoxy) is 1. The van der Waals surface area contributed by atoms with E-state index in [-0.39, 0.29) is 30.5 Å². The van der Waals surface area contributed by atoms with Gasteiger partial charge in [-0.05, 0) is 48.4 Å². The van der Waals surface area contributed by atoms with Crippen LogP contribution in [0.25, 0.3) is 0 Å². The summed E-state index contributed by atoms with van der Waals surface area (Å²) in [6.45, 7) is 2.42. The van der Waals surface area contributed by atoms with Gasteiger partial charge in [-0.3, -0.25) is 14.5 Å². The zero-order valence-corrected chi connectivity index (χ0v) is 20.4. The van der Waals surface area contributed by atoms with E-state index in [4.69, 9.17) is 4.74 Å². The molecule has 0 radical (unpaired) electrons. The lowest BCUT2D eigenvalue weighted by molar-refractivity contribution is 0.0528. The molecular formula is C29H30FNO5. The lowest BCUT2D eigenvalue weighted by Gasteiger charge is -2.43. The third-order valence-corrected chi connectivity index (χ3v) is 7.02. The third kappa shape index (κ3) is 5.17. The number of phenols is 1. The molecule has 1 fully saturated rings. The minimum atomic E-state index is -0.702. The maximum absolute atomic E-state index is 14.7. The van der Waals surface area contributed by atoms with Gasteiger partial charge < -0.3 is 14.9 Å². The highest BCUT2D eigenvalue weighted by molar-refractivity contribution is 6.02. The average molecular weight is 492 g/mol. The molecule has 0 amide bonds. The number of aliphatic hydroxyl groups is 1. The summed E-state index contributed by atoms with van der Waals surface area (Å²) in [6.07, 6.45) is 0. The second-order valence-electron chi connectivity index (χ2n) is 9.19. The Bertz CT molecular complexity index is 1260. The topological polar surface area (TPSA) is 87.1 Å². The number of benzene rings is 3. The maximum atomic E-state index is 14.7. The SMILES string of the molecule is COc1cccc(C(=O)[C@H]2CN(CCO)C[C@H](C(=O)c3cccc(O)c3)[C@H]2c2cccc(F)c2C)c1. The van der Waals surface area contributed by atoms with E-state index in [1.165, 1.54) is 25.3 Å². The van der Waals surface area contributed by atoms with Gasteiger partial charge in [-0.15, -0.1) is 0 Å². The van der Waals surface area contributed by atoms with Gasteiger partial charge in [0.05, 0.1) is 13.7 Å². The smallest absolute Gasteiger partial charge is 0.167 e. The molecule has 3 aromatic carbocycles. The number of hydrogen-bond acceptors (Lipinski definition) is 6. The van der Waals surface area contributed by atoms with E-state index < -0.39 is 23.6 Å². The number of piperidine rings is 1. The Kier molecular flexibility index (Phi) is 7.82. The summed E-state index contributed by atoms with van der Waals surface area (Å²) in [5, 5.41) is 19.6. The normalized spacial score (nSPS) is 20.2. The molecule has 1 aliphatic rings. The van der Waals surface area contributed by atoms with Gasteiger partial charge in [0, 0.05) is 48.5 Å². The number of aliphatic hydroxyl groups excluding tert-OH is 1. The van der Waals surface area contributed by atoms with E-state index in [1.807, 2.05) is 4.90 Å². The van der Waals surface area contributed by atoms with Gasteiger partial charge in [0.1, 0.15) is 17.3 Å². The van der Waals surface area contributed by atoms with Crippen LogP contribution in [0.4, 0.5) is 4.39 Å². The van der Waals surface area contributed by atoms with Gasteiger partial charge in [-0.2, -0.15) is 0 Å². The van der Waals surface area contributed by atoms with Gasteiger partial charge in [0.15, 0.2) is 11.6 Å². The minimum absolute atomic E-state index is 0.0358. The van der Waals surface area contributed by atoms with Crippen LogP contribution in [-0.4, -0.2) is 60.0 Å². The Morgan fingerprint density at radius 3 is 2.19 bits per heavy atom. The van der Waals surface area contributed by atoms with E-state index >= 15 is 0 Å². The van der Waals surface area contributed by atoms with Crippen molar-refractivity contribution >= 4 is 11.6 Å². The number of aromatic hydroxyl groups is 1. The maximum Gasteiger partial charge on any atom is 0.167 e. The number of methoxy groups -OCH3 is 1. The molecule has 1 saturated heterocycles. The van der Waals surface area contributed by atoms with Crippen LogP contribution in [0.5, 0.6) is 11.5 Å². The second-order valence-corrected chi connectivity index (χ2v) is 9.19. The zero-order valence-electron chi connectivity index (χ0n) is 20.4. The van der Waals surface area contributed by atoms with Crippen LogP contribution >= 0.6 is 0 Å². The average Bonchev–Trinajstić information content (AvgIpc) is 2.89. The van der Waals surface area contributed by atoms with E-state index in [0.717, 1.165) is 0 Å². The van der Waals surface area contributed by atoms with Crippen molar-refractivity contribution in [2.75, 3.05) is 33.4 Å². The molecule has 0 bridgehead atoms. The second kappa shape index (κ2) is 11.0. The molecule has 0 aliphatic carbocycles. The Balaban J connectivity index is 1.86. The predicted octanol–water partition coefficient (Wildman–Crippen LogP) is 4.24. The number of ketones is 2. The Hall–Kier alpha value is -3.55. The van der Waals surface area contributed by atoms with Crippen molar-refractivity contribution in [3.05, 3.63) is 94.8 Å².